The van der Waals surface area contributed by atoms with Crippen LogP contribution in [0.3, 0.4) is 0 Å². The number of unbranched alkanes of at least 4 members (excludes halogenated alkanes) is 8. The van der Waals surface area contributed by atoms with Gasteiger partial charge < -0.3 is 20.4 Å². The van der Waals surface area contributed by atoms with E-state index in [0.29, 0.717) is 35.5 Å². The molecule has 4 N–H and O–H groups in total. The number of imide groups is 2. The van der Waals surface area contributed by atoms with E-state index in [0.717, 1.165) is 51.4 Å². The molecule has 0 saturated carbocycles. The Morgan fingerprint density at radius 3 is 1.31 bits per heavy atom. The molecule has 0 bridgehead atoms. The van der Waals surface area contributed by atoms with Gasteiger partial charge in [-0.1, -0.05) is 78.1 Å². The maximum atomic E-state index is 13.0. The summed E-state index contributed by atoms with van der Waals surface area (Å²) in [5.74, 6) is -3.66. The van der Waals surface area contributed by atoms with Crippen LogP contribution in [0.2, 0.25) is 0 Å². The lowest BCUT2D eigenvalue weighted by Gasteiger charge is -2.42. The van der Waals surface area contributed by atoms with Gasteiger partial charge in [0.2, 0.25) is 11.8 Å². The number of carbonyl (C=O) groups excluding carboxylic acids is 4. The zero-order chi connectivity index (χ0) is 27.1. The molecule has 0 aromatic rings. The van der Waals surface area contributed by atoms with Gasteiger partial charge in [-0.15, -0.1) is 0 Å². The molecule has 0 spiro atoms. The van der Waals surface area contributed by atoms with Crippen molar-refractivity contribution in [2.45, 2.75) is 128 Å². The third kappa shape index (κ3) is 9.88. The fourth-order valence-electron chi connectivity index (χ4n) is 4.53. The Kier molecular flexibility index (Phi) is 15.7. The molecule has 0 radical (unpaired) electrons. The van der Waals surface area contributed by atoms with Crippen molar-refractivity contribution >= 4 is 23.6 Å². The molecule has 36 heavy (non-hydrogen) atoms. The third-order valence-electron chi connectivity index (χ3n) is 6.65. The highest BCUT2D eigenvalue weighted by molar-refractivity contribution is 6.12. The number of aliphatic hydroxyl groups excluding tert-OH is 4. The molecule has 10 heteroatoms. The largest absolute Gasteiger partial charge is 0.394 e. The van der Waals surface area contributed by atoms with Gasteiger partial charge in [-0.3, -0.25) is 29.0 Å². The third-order valence-corrected chi connectivity index (χ3v) is 6.65. The van der Waals surface area contributed by atoms with Crippen LogP contribution in [0, 0.1) is 0 Å². The first-order chi connectivity index (χ1) is 17.2. The minimum Gasteiger partial charge on any atom is -0.394 e. The molecule has 4 amide bonds. The van der Waals surface area contributed by atoms with Crippen LogP contribution < -0.4 is 0 Å². The van der Waals surface area contributed by atoms with E-state index in [1.165, 1.54) is 0 Å². The predicted octanol–water partition coefficient (Wildman–Crippen LogP) is 1.66. The lowest BCUT2D eigenvalue weighted by atomic mass is 10.0. The Morgan fingerprint density at radius 2 is 1.00 bits per heavy atom. The summed E-state index contributed by atoms with van der Waals surface area (Å²) in [5.41, 5.74) is 0. The van der Waals surface area contributed by atoms with E-state index < -0.39 is 74.0 Å². The number of aliphatic hydroxyl groups is 4. The molecule has 0 unspecified atom stereocenters. The standard InChI is InChI=1S/C26H46N2O8/c1-3-5-7-9-11-13-19(31)15-23(33)27-21(17-29)26(36)28(22(18-30)25(27)35)24(34)16-20(32)14-12-10-8-6-4-2/h19-22,29-32H,3-18H2,1-2H3/t19-,20-,21+,22+/m1/s1. The van der Waals surface area contributed by atoms with E-state index in [2.05, 4.69) is 13.8 Å². The SMILES string of the molecule is CCCCCCC[C@@H](O)CC(=O)N1C(=O)[C@H](CO)N(C(=O)C[C@H](O)CCCCCCC)C(=O)[C@@H]1CO. The zero-order valence-corrected chi connectivity index (χ0v) is 21.9. The molecule has 208 valence electrons. The molecule has 0 aromatic heterocycles. The summed E-state index contributed by atoms with van der Waals surface area (Å²) in [7, 11) is 0. The number of hydrogen-bond acceptors (Lipinski definition) is 8. The van der Waals surface area contributed by atoms with Gasteiger partial charge in [0.05, 0.1) is 38.3 Å². The number of nitrogens with zero attached hydrogens (tertiary/aromatic N) is 2. The minimum atomic E-state index is -1.63. The van der Waals surface area contributed by atoms with Crippen molar-refractivity contribution in [3.8, 4) is 0 Å². The maximum absolute atomic E-state index is 13.0. The van der Waals surface area contributed by atoms with Crippen molar-refractivity contribution < 1.29 is 39.6 Å². The average molecular weight is 515 g/mol. The number of amides is 4. The Bertz CT molecular complexity index is 643. The van der Waals surface area contributed by atoms with Crippen LogP contribution in [-0.2, 0) is 19.2 Å². The van der Waals surface area contributed by atoms with Crippen molar-refractivity contribution in [3.05, 3.63) is 0 Å². The second-order valence-electron chi connectivity index (χ2n) is 9.72. The molecule has 1 saturated heterocycles. The topological polar surface area (TPSA) is 156 Å². The average Bonchev–Trinajstić information content (AvgIpc) is 2.83. The number of rotatable bonds is 18. The molecule has 0 aliphatic carbocycles. The summed E-state index contributed by atoms with van der Waals surface area (Å²) < 4.78 is 0. The normalized spacial score (nSPS) is 20.1. The van der Waals surface area contributed by atoms with E-state index in [1.807, 2.05) is 0 Å². The summed E-state index contributed by atoms with van der Waals surface area (Å²) in [6.07, 6.45) is 7.52. The predicted molar refractivity (Wildman–Crippen MR) is 133 cm³/mol. The summed E-state index contributed by atoms with van der Waals surface area (Å²) in [6, 6.07) is -3.25. The van der Waals surface area contributed by atoms with Crippen LogP contribution in [-0.4, -0.2) is 91.4 Å². The van der Waals surface area contributed by atoms with Crippen molar-refractivity contribution in [2.24, 2.45) is 0 Å². The molecular weight excluding hydrogens is 468 g/mol. The number of carbonyl (C=O) groups is 4. The summed E-state index contributed by atoms with van der Waals surface area (Å²) in [6.45, 7) is 2.39. The lowest BCUT2D eigenvalue weighted by Crippen LogP contribution is -2.69. The first-order valence-electron chi connectivity index (χ1n) is 13.5. The van der Waals surface area contributed by atoms with Crippen LogP contribution >= 0.6 is 0 Å². The van der Waals surface area contributed by atoms with E-state index >= 15 is 0 Å². The van der Waals surface area contributed by atoms with Gasteiger partial charge in [-0.2, -0.15) is 0 Å². The van der Waals surface area contributed by atoms with Crippen LogP contribution in [0.5, 0.6) is 0 Å². The van der Waals surface area contributed by atoms with E-state index in [4.69, 9.17) is 0 Å². The first-order valence-corrected chi connectivity index (χ1v) is 13.5. The van der Waals surface area contributed by atoms with E-state index in [-0.39, 0.29) is 0 Å². The van der Waals surface area contributed by atoms with Gasteiger partial charge in [0.1, 0.15) is 12.1 Å². The highest BCUT2D eigenvalue weighted by Crippen LogP contribution is 2.23. The Hall–Kier alpha value is -1.88. The monoisotopic (exact) mass is 514 g/mol. The number of hydrogen-bond donors (Lipinski definition) is 4. The van der Waals surface area contributed by atoms with Crippen LogP contribution in [0.1, 0.15) is 104 Å². The van der Waals surface area contributed by atoms with Gasteiger partial charge in [0.25, 0.3) is 11.8 Å². The van der Waals surface area contributed by atoms with Crippen molar-refractivity contribution in [1.29, 1.82) is 0 Å². The van der Waals surface area contributed by atoms with E-state index in [1.54, 1.807) is 0 Å². The molecule has 10 nitrogen and oxygen atoms in total. The summed E-state index contributed by atoms with van der Waals surface area (Å²) in [4.78, 5) is 52.9. The molecule has 1 rings (SSSR count). The van der Waals surface area contributed by atoms with Crippen molar-refractivity contribution in [1.82, 2.24) is 9.80 Å². The van der Waals surface area contributed by atoms with Crippen LogP contribution in [0.4, 0.5) is 0 Å². The molecule has 1 aliphatic rings. The van der Waals surface area contributed by atoms with E-state index in [9.17, 15) is 39.6 Å². The Labute approximate surface area is 214 Å². The second-order valence-corrected chi connectivity index (χ2v) is 9.72. The summed E-state index contributed by atoms with van der Waals surface area (Å²) >= 11 is 0. The quantitative estimate of drug-likeness (QED) is 0.201. The molecule has 1 fully saturated rings. The zero-order valence-electron chi connectivity index (χ0n) is 21.9. The van der Waals surface area contributed by atoms with Gasteiger partial charge in [-0.05, 0) is 12.8 Å². The minimum absolute atomic E-state index is 0.361. The molecule has 4 atom stereocenters. The van der Waals surface area contributed by atoms with Gasteiger partial charge >= 0.3 is 0 Å². The highest BCUT2D eigenvalue weighted by atomic mass is 16.3. The highest BCUT2D eigenvalue weighted by Gasteiger charge is 2.50. The second kappa shape index (κ2) is 17.6. The molecule has 1 aliphatic heterocycles. The fourth-order valence-corrected chi connectivity index (χ4v) is 4.53. The van der Waals surface area contributed by atoms with Gasteiger partial charge in [0, 0.05) is 0 Å². The fraction of sp³-hybridized carbons (Fsp3) is 0.846. The Morgan fingerprint density at radius 1 is 0.667 bits per heavy atom. The molecule has 0 aromatic carbocycles. The number of piperazine rings is 1. The Balaban J connectivity index is 2.80. The molecule has 1 heterocycles. The smallest absolute Gasteiger partial charge is 0.255 e. The van der Waals surface area contributed by atoms with Gasteiger partial charge in [-0.25, -0.2) is 0 Å². The first kappa shape index (κ1) is 32.1. The molecular formula is C26H46N2O8. The van der Waals surface area contributed by atoms with Crippen LogP contribution in [0.25, 0.3) is 0 Å². The lowest BCUT2D eigenvalue weighted by molar-refractivity contribution is -0.176. The van der Waals surface area contributed by atoms with Crippen molar-refractivity contribution in [2.75, 3.05) is 13.2 Å². The van der Waals surface area contributed by atoms with Gasteiger partial charge in [0.15, 0.2) is 0 Å². The summed E-state index contributed by atoms with van der Waals surface area (Å²) in [5, 5.41) is 40.1. The van der Waals surface area contributed by atoms with Crippen LogP contribution in [0.15, 0.2) is 0 Å². The maximum Gasteiger partial charge on any atom is 0.255 e. The van der Waals surface area contributed by atoms with Crippen molar-refractivity contribution in [3.63, 3.8) is 0 Å².